The standard InChI is InChI=1S/C19H29N3O3S/c1-13(10-14(2)25-12-24-4)21-17(23)15-6-5-7-16(11-15)19(3)8-9-26-18(20)22-19/h5-7,11,13-14H,8-10,12H2,1-4H3,(H2,20,22)(H,21,23). The second-order valence-corrected chi connectivity index (χ2v) is 8.01. The molecule has 3 N–H and O–H groups in total. The monoisotopic (exact) mass is 379 g/mol. The van der Waals surface area contributed by atoms with Crippen molar-refractivity contribution < 1.29 is 14.3 Å². The van der Waals surface area contributed by atoms with Crippen molar-refractivity contribution in [1.82, 2.24) is 5.32 Å². The number of rotatable bonds is 8. The average Bonchev–Trinajstić information content (AvgIpc) is 2.59. The third kappa shape index (κ3) is 5.72. The minimum Gasteiger partial charge on any atom is -0.379 e. The molecular weight excluding hydrogens is 350 g/mol. The lowest BCUT2D eigenvalue weighted by molar-refractivity contribution is -0.0691. The molecule has 0 radical (unpaired) electrons. The number of amides is 1. The second-order valence-electron chi connectivity index (χ2n) is 6.90. The fourth-order valence-corrected chi connectivity index (χ4v) is 3.98. The van der Waals surface area contributed by atoms with Crippen LogP contribution >= 0.6 is 11.8 Å². The minimum atomic E-state index is -0.375. The summed E-state index contributed by atoms with van der Waals surface area (Å²) in [6, 6.07) is 7.64. The number of benzene rings is 1. The molecule has 0 spiro atoms. The van der Waals surface area contributed by atoms with Crippen molar-refractivity contribution in [2.45, 2.75) is 51.3 Å². The van der Waals surface area contributed by atoms with Crippen LogP contribution in [0.25, 0.3) is 0 Å². The van der Waals surface area contributed by atoms with Crippen molar-refractivity contribution in [2.24, 2.45) is 10.7 Å². The zero-order valence-electron chi connectivity index (χ0n) is 16.0. The molecule has 26 heavy (non-hydrogen) atoms. The number of methoxy groups -OCH3 is 1. The third-order valence-corrected chi connectivity index (χ3v) is 5.27. The number of hydrogen-bond acceptors (Lipinski definition) is 6. The van der Waals surface area contributed by atoms with Crippen molar-refractivity contribution in [3.05, 3.63) is 35.4 Å². The van der Waals surface area contributed by atoms with E-state index in [0.29, 0.717) is 17.2 Å². The van der Waals surface area contributed by atoms with E-state index in [9.17, 15) is 4.79 Å². The lowest BCUT2D eigenvalue weighted by Gasteiger charge is -2.30. The van der Waals surface area contributed by atoms with Crippen molar-refractivity contribution in [3.8, 4) is 0 Å². The van der Waals surface area contributed by atoms with Crippen molar-refractivity contribution in [2.75, 3.05) is 19.7 Å². The number of amidine groups is 1. The highest BCUT2D eigenvalue weighted by molar-refractivity contribution is 8.13. The highest BCUT2D eigenvalue weighted by Gasteiger charge is 2.30. The SMILES string of the molecule is COCOC(C)CC(C)NC(=O)c1cccc(C2(C)CCSC(N)=N2)c1. The Morgan fingerprint density at radius 3 is 2.92 bits per heavy atom. The van der Waals surface area contributed by atoms with Gasteiger partial charge >= 0.3 is 0 Å². The van der Waals surface area contributed by atoms with Crippen molar-refractivity contribution in [1.29, 1.82) is 0 Å². The van der Waals surface area contributed by atoms with Gasteiger partial charge in [-0.3, -0.25) is 9.79 Å². The van der Waals surface area contributed by atoms with Gasteiger partial charge in [0.15, 0.2) is 5.17 Å². The van der Waals surface area contributed by atoms with Crippen LogP contribution in [-0.4, -0.2) is 42.9 Å². The molecule has 144 valence electrons. The van der Waals surface area contributed by atoms with Crippen molar-refractivity contribution in [3.63, 3.8) is 0 Å². The normalized spacial score (nSPS) is 22.4. The molecule has 0 fully saturated rings. The van der Waals surface area contributed by atoms with Gasteiger partial charge in [-0.15, -0.1) is 0 Å². The molecule has 1 aromatic rings. The molecule has 0 bridgehead atoms. The fourth-order valence-electron chi connectivity index (χ4n) is 3.01. The van der Waals surface area contributed by atoms with E-state index in [2.05, 4.69) is 17.2 Å². The number of carbonyl (C=O) groups excluding carboxylic acids is 1. The van der Waals surface area contributed by atoms with Gasteiger partial charge in [0.1, 0.15) is 6.79 Å². The van der Waals surface area contributed by atoms with Crippen LogP contribution < -0.4 is 11.1 Å². The topological polar surface area (TPSA) is 85.9 Å². The van der Waals surface area contributed by atoms with Crippen molar-refractivity contribution >= 4 is 22.8 Å². The van der Waals surface area contributed by atoms with Crippen LogP contribution in [0.4, 0.5) is 0 Å². The van der Waals surface area contributed by atoms with E-state index < -0.39 is 0 Å². The Morgan fingerprint density at radius 2 is 2.23 bits per heavy atom. The first-order valence-electron chi connectivity index (χ1n) is 8.84. The number of nitrogens with two attached hydrogens (primary N) is 1. The first kappa shape index (κ1) is 20.7. The van der Waals surface area contributed by atoms with E-state index in [0.717, 1.165) is 17.7 Å². The van der Waals surface area contributed by atoms with E-state index in [1.807, 2.05) is 38.1 Å². The molecule has 6 nitrogen and oxygen atoms in total. The third-order valence-electron chi connectivity index (χ3n) is 4.48. The number of thioether (sulfide) groups is 1. The maximum Gasteiger partial charge on any atom is 0.251 e. The lowest BCUT2D eigenvalue weighted by atomic mass is 9.88. The predicted octanol–water partition coefficient (Wildman–Crippen LogP) is 2.87. The van der Waals surface area contributed by atoms with Crippen LogP contribution in [0.15, 0.2) is 29.3 Å². The molecule has 1 amide bonds. The first-order valence-corrected chi connectivity index (χ1v) is 9.82. The molecule has 2 rings (SSSR count). The van der Waals surface area contributed by atoms with Crippen LogP contribution in [0.1, 0.15) is 49.5 Å². The van der Waals surface area contributed by atoms with Gasteiger partial charge in [0.2, 0.25) is 0 Å². The minimum absolute atomic E-state index is 0.00616. The number of nitrogens with zero attached hydrogens (tertiary/aromatic N) is 1. The van der Waals surface area contributed by atoms with Gasteiger partial charge in [0.05, 0.1) is 11.6 Å². The summed E-state index contributed by atoms with van der Waals surface area (Å²) in [5.41, 5.74) is 7.17. The highest BCUT2D eigenvalue weighted by Crippen LogP contribution is 2.35. The summed E-state index contributed by atoms with van der Waals surface area (Å²) in [5.74, 6) is 0.836. The van der Waals surface area contributed by atoms with Gasteiger partial charge in [-0.25, -0.2) is 0 Å². The number of nitrogens with one attached hydrogen (secondary N) is 1. The highest BCUT2D eigenvalue weighted by atomic mass is 32.2. The molecule has 1 aromatic carbocycles. The molecule has 1 aliphatic heterocycles. The molecule has 1 aliphatic rings. The Labute approximate surface area is 159 Å². The molecular formula is C19H29N3O3S. The van der Waals surface area contributed by atoms with Crippen LogP contribution in [0.3, 0.4) is 0 Å². The Bertz CT molecular complexity index is 653. The molecule has 1 heterocycles. The summed E-state index contributed by atoms with van der Waals surface area (Å²) >= 11 is 1.57. The molecule has 7 heteroatoms. The smallest absolute Gasteiger partial charge is 0.251 e. The van der Waals surface area contributed by atoms with E-state index >= 15 is 0 Å². The molecule has 0 aromatic heterocycles. The maximum absolute atomic E-state index is 12.6. The Balaban J connectivity index is 2.03. The zero-order chi connectivity index (χ0) is 19.2. The number of ether oxygens (including phenoxy) is 2. The van der Waals surface area contributed by atoms with E-state index in [1.165, 1.54) is 0 Å². The van der Waals surface area contributed by atoms with Crippen LogP contribution in [0.5, 0.6) is 0 Å². The van der Waals surface area contributed by atoms with Gasteiger partial charge in [-0.2, -0.15) is 0 Å². The Kier molecular flexibility index (Phi) is 7.49. The summed E-state index contributed by atoms with van der Waals surface area (Å²) in [5, 5.41) is 3.63. The lowest BCUT2D eigenvalue weighted by Crippen LogP contribution is -2.35. The van der Waals surface area contributed by atoms with E-state index in [1.54, 1.807) is 18.9 Å². The van der Waals surface area contributed by atoms with Gasteiger partial charge in [0.25, 0.3) is 5.91 Å². The van der Waals surface area contributed by atoms with Gasteiger partial charge in [-0.05, 0) is 51.3 Å². The summed E-state index contributed by atoms with van der Waals surface area (Å²) in [6.45, 7) is 6.25. The Morgan fingerprint density at radius 1 is 1.46 bits per heavy atom. The number of aliphatic imine (C=N–C) groups is 1. The predicted molar refractivity (Wildman–Crippen MR) is 106 cm³/mol. The van der Waals surface area contributed by atoms with Crippen LogP contribution in [0.2, 0.25) is 0 Å². The molecule has 3 atom stereocenters. The molecule has 0 aliphatic carbocycles. The fraction of sp³-hybridized carbons (Fsp3) is 0.579. The summed E-state index contributed by atoms with van der Waals surface area (Å²) < 4.78 is 10.4. The van der Waals surface area contributed by atoms with Gasteiger partial charge in [0, 0.05) is 24.5 Å². The molecule has 0 saturated carbocycles. The van der Waals surface area contributed by atoms with Gasteiger partial charge in [-0.1, -0.05) is 23.9 Å². The quantitative estimate of drug-likeness (QED) is 0.678. The summed E-state index contributed by atoms with van der Waals surface area (Å²) in [4.78, 5) is 17.2. The molecule has 3 unspecified atom stereocenters. The first-order chi connectivity index (χ1) is 12.3. The number of hydrogen-bond donors (Lipinski definition) is 2. The second kappa shape index (κ2) is 9.39. The number of carbonyl (C=O) groups is 1. The van der Waals surface area contributed by atoms with E-state index in [4.69, 9.17) is 15.2 Å². The average molecular weight is 380 g/mol. The summed E-state index contributed by atoms with van der Waals surface area (Å²) in [7, 11) is 1.59. The van der Waals surface area contributed by atoms with Gasteiger partial charge < -0.3 is 20.5 Å². The van der Waals surface area contributed by atoms with Crippen LogP contribution in [-0.2, 0) is 15.0 Å². The largest absolute Gasteiger partial charge is 0.379 e. The Hall–Kier alpha value is -1.57. The zero-order valence-corrected chi connectivity index (χ0v) is 16.8. The molecule has 0 saturated heterocycles. The van der Waals surface area contributed by atoms with Crippen LogP contribution in [0, 0.1) is 0 Å². The maximum atomic E-state index is 12.6. The van der Waals surface area contributed by atoms with E-state index in [-0.39, 0.29) is 30.4 Å². The summed E-state index contributed by atoms with van der Waals surface area (Å²) in [6.07, 6.45) is 1.62.